The van der Waals surface area contributed by atoms with Crippen LogP contribution in [0.3, 0.4) is 0 Å². The molecule has 0 aliphatic carbocycles. The van der Waals surface area contributed by atoms with Gasteiger partial charge >= 0.3 is 11.8 Å². The van der Waals surface area contributed by atoms with Crippen molar-refractivity contribution in [3.63, 3.8) is 0 Å². The summed E-state index contributed by atoms with van der Waals surface area (Å²) in [6.45, 7) is 0.687. The molecular formula is C17H16FN5O3. The van der Waals surface area contributed by atoms with E-state index < -0.39 is 11.9 Å². The number of hydrogen-bond acceptors (Lipinski definition) is 5. The van der Waals surface area contributed by atoms with Gasteiger partial charge in [-0.05, 0) is 12.1 Å². The lowest BCUT2D eigenvalue weighted by atomic mass is 10.1. The number of aromatic nitrogens is 4. The molecule has 1 aliphatic heterocycles. The van der Waals surface area contributed by atoms with E-state index in [9.17, 15) is 14.0 Å². The van der Waals surface area contributed by atoms with Crippen LogP contribution in [0.1, 0.15) is 11.3 Å². The molecule has 0 unspecified atom stereocenters. The highest BCUT2D eigenvalue weighted by molar-refractivity contribution is 5.69. The molecule has 2 aromatic heterocycles. The second-order valence-electron chi connectivity index (χ2n) is 6.06. The minimum Gasteiger partial charge on any atom is -0.453 e. The van der Waals surface area contributed by atoms with Crippen molar-refractivity contribution in [1.82, 2.24) is 24.1 Å². The molecule has 0 N–H and O–H groups in total. The van der Waals surface area contributed by atoms with Crippen molar-refractivity contribution in [3.05, 3.63) is 51.8 Å². The predicted octanol–water partition coefficient (Wildman–Crippen LogP) is 1.36. The van der Waals surface area contributed by atoms with Crippen LogP contribution in [-0.2, 0) is 24.8 Å². The first kappa shape index (κ1) is 16.2. The van der Waals surface area contributed by atoms with Gasteiger partial charge in [0, 0.05) is 31.3 Å². The van der Waals surface area contributed by atoms with Crippen LogP contribution in [0.2, 0.25) is 0 Å². The van der Waals surface area contributed by atoms with Crippen LogP contribution < -0.4 is 5.69 Å². The van der Waals surface area contributed by atoms with E-state index in [1.165, 1.54) is 22.6 Å². The van der Waals surface area contributed by atoms with Gasteiger partial charge in [0.2, 0.25) is 0 Å². The minimum absolute atomic E-state index is 0.129. The smallest absolute Gasteiger partial charge is 0.409 e. The molecule has 3 heterocycles. The van der Waals surface area contributed by atoms with Crippen molar-refractivity contribution in [3.8, 4) is 11.4 Å². The summed E-state index contributed by atoms with van der Waals surface area (Å²) in [7, 11) is 2.97. The zero-order chi connectivity index (χ0) is 18.4. The highest BCUT2D eigenvalue weighted by Gasteiger charge is 2.28. The Kier molecular flexibility index (Phi) is 3.71. The Bertz CT molecular complexity index is 1090. The molecule has 3 aromatic rings. The van der Waals surface area contributed by atoms with Crippen molar-refractivity contribution < 1.29 is 13.9 Å². The summed E-state index contributed by atoms with van der Waals surface area (Å²) < 4.78 is 21.5. The average Bonchev–Trinajstić information content (AvgIpc) is 3.11. The highest BCUT2D eigenvalue weighted by atomic mass is 19.1. The van der Waals surface area contributed by atoms with Gasteiger partial charge in [-0.15, -0.1) is 5.10 Å². The topological polar surface area (TPSA) is 81.7 Å². The standard InChI is InChI=1S/C17H16FN5O3/c1-21-13-7-8-22(17(25)26-2)9-11(13)15-19-14(20-23(15)16(21)24)10-5-3-4-6-12(10)18/h3-6H,7-9H2,1-2H3. The normalized spacial score (nSPS) is 13.7. The van der Waals surface area contributed by atoms with Gasteiger partial charge in [-0.3, -0.25) is 4.57 Å². The summed E-state index contributed by atoms with van der Waals surface area (Å²) in [6.07, 6.45) is 0.0469. The number of ether oxygens (including phenoxy) is 1. The third-order valence-electron chi connectivity index (χ3n) is 4.61. The van der Waals surface area contributed by atoms with Crippen molar-refractivity contribution in [2.45, 2.75) is 13.0 Å². The Balaban J connectivity index is 1.93. The number of rotatable bonds is 1. The fourth-order valence-corrected chi connectivity index (χ4v) is 3.26. The second kappa shape index (κ2) is 5.94. The third kappa shape index (κ3) is 2.35. The maximum Gasteiger partial charge on any atom is 0.409 e. The molecular weight excluding hydrogens is 341 g/mol. The molecule has 0 bridgehead atoms. The number of methoxy groups -OCH3 is 1. The van der Waals surface area contributed by atoms with E-state index in [2.05, 4.69) is 10.1 Å². The average molecular weight is 357 g/mol. The second-order valence-corrected chi connectivity index (χ2v) is 6.06. The molecule has 4 rings (SSSR count). The van der Waals surface area contributed by atoms with E-state index in [1.807, 2.05) is 0 Å². The summed E-state index contributed by atoms with van der Waals surface area (Å²) in [4.78, 5) is 30.4. The van der Waals surface area contributed by atoms with Gasteiger partial charge in [0.15, 0.2) is 11.5 Å². The zero-order valence-corrected chi connectivity index (χ0v) is 14.3. The lowest BCUT2D eigenvalue weighted by Crippen LogP contribution is -2.40. The van der Waals surface area contributed by atoms with E-state index in [0.717, 1.165) is 10.2 Å². The first-order valence-electron chi connectivity index (χ1n) is 8.06. The maximum absolute atomic E-state index is 14.1. The van der Waals surface area contributed by atoms with E-state index in [1.54, 1.807) is 25.2 Å². The Hall–Kier alpha value is -3.23. The Morgan fingerprint density at radius 1 is 1.31 bits per heavy atom. The van der Waals surface area contributed by atoms with Crippen LogP contribution in [0.25, 0.3) is 17.0 Å². The molecule has 0 spiro atoms. The van der Waals surface area contributed by atoms with Crippen molar-refractivity contribution >= 4 is 11.7 Å². The van der Waals surface area contributed by atoms with Crippen LogP contribution in [0.15, 0.2) is 29.1 Å². The SMILES string of the molecule is COC(=O)N1CCc2c(c3nc(-c4ccccc4F)nn3c(=O)n2C)C1. The molecule has 1 amide bonds. The molecule has 134 valence electrons. The minimum atomic E-state index is -0.467. The number of benzene rings is 1. The molecule has 0 saturated carbocycles. The van der Waals surface area contributed by atoms with E-state index in [0.29, 0.717) is 24.2 Å². The van der Waals surface area contributed by atoms with Gasteiger partial charge in [0.1, 0.15) is 5.82 Å². The number of amides is 1. The van der Waals surface area contributed by atoms with Crippen LogP contribution in [-0.4, -0.2) is 43.8 Å². The molecule has 9 heteroatoms. The summed E-state index contributed by atoms with van der Waals surface area (Å²) in [5.74, 6) is -0.339. The summed E-state index contributed by atoms with van der Waals surface area (Å²) in [5.41, 5.74) is 1.68. The zero-order valence-electron chi connectivity index (χ0n) is 14.3. The molecule has 0 radical (unpaired) electrons. The first-order valence-corrected chi connectivity index (χ1v) is 8.06. The number of halogens is 1. The number of fused-ring (bicyclic) bond motifs is 3. The van der Waals surface area contributed by atoms with Gasteiger partial charge in [-0.25, -0.2) is 19.0 Å². The fourth-order valence-electron chi connectivity index (χ4n) is 3.26. The van der Waals surface area contributed by atoms with Crippen molar-refractivity contribution in [2.75, 3.05) is 13.7 Å². The van der Waals surface area contributed by atoms with Crippen LogP contribution in [0.5, 0.6) is 0 Å². The van der Waals surface area contributed by atoms with E-state index in [-0.39, 0.29) is 23.6 Å². The summed E-state index contributed by atoms with van der Waals surface area (Å²) >= 11 is 0. The maximum atomic E-state index is 14.1. The van der Waals surface area contributed by atoms with Gasteiger partial charge in [-0.2, -0.15) is 4.52 Å². The molecule has 0 atom stereocenters. The van der Waals surface area contributed by atoms with Gasteiger partial charge in [0.25, 0.3) is 0 Å². The highest BCUT2D eigenvalue weighted by Crippen LogP contribution is 2.24. The van der Waals surface area contributed by atoms with Crippen molar-refractivity contribution in [2.24, 2.45) is 7.05 Å². The van der Waals surface area contributed by atoms with Gasteiger partial charge in [0.05, 0.1) is 19.2 Å². The Morgan fingerprint density at radius 3 is 2.81 bits per heavy atom. The van der Waals surface area contributed by atoms with Crippen LogP contribution in [0, 0.1) is 5.82 Å². The predicted molar refractivity (Wildman–Crippen MR) is 90.1 cm³/mol. The quantitative estimate of drug-likeness (QED) is 0.657. The largest absolute Gasteiger partial charge is 0.453 e. The first-order chi connectivity index (χ1) is 12.5. The number of hydrogen-bond donors (Lipinski definition) is 0. The van der Waals surface area contributed by atoms with E-state index >= 15 is 0 Å². The lowest BCUT2D eigenvalue weighted by Gasteiger charge is -2.28. The fraction of sp³-hybridized carbons (Fsp3) is 0.294. The lowest BCUT2D eigenvalue weighted by molar-refractivity contribution is 0.118. The van der Waals surface area contributed by atoms with Gasteiger partial charge in [-0.1, -0.05) is 12.1 Å². The van der Waals surface area contributed by atoms with Crippen LogP contribution >= 0.6 is 0 Å². The monoisotopic (exact) mass is 357 g/mol. The van der Waals surface area contributed by atoms with Crippen LogP contribution in [0.4, 0.5) is 9.18 Å². The van der Waals surface area contributed by atoms with Gasteiger partial charge < -0.3 is 9.64 Å². The van der Waals surface area contributed by atoms with E-state index in [4.69, 9.17) is 4.74 Å². The molecule has 1 aromatic carbocycles. The third-order valence-corrected chi connectivity index (χ3v) is 4.61. The number of carbonyl (C=O) groups is 1. The summed E-state index contributed by atoms with van der Waals surface area (Å²) in [5, 5.41) is 4.20. The molecule has 1 aliphatic rings. The molecule has 0 fully saturated rings. The number of nitrogens with zero attached hydrogens (tertiary/aromatic N) is 5. The Morgan fingerprint density at radius 2 is 2.08 bits per heavy atom. The molecule has 0 saturated heterocycles. The number of carbonyl (C=O) groups excluding carboxylic acids is 1. The summed E-state index contributed by atoms with van der Waals surface area (Å²) in [6, 6.07) is 6.12. The molecule has 26 heavy (non-hydrogen) atoms. The Labute approximate surface area is 147 Å². The molecule has 8 nitrogen and oxygen atoms in total. The van der Waals surface area contributed by atoms with Crippen molar-refractivity contribution in [1.29, 1.82) is 0 Å².